The van der Waals surface area contributed by atoms with E-state index in [1.807, 2.05) is 0 Å². The maximum absolute atomic E-state index is 11.6. The Labute approximate surface area is 128 Å². The minimum absolute atomic E-state index is 0.205. The van der Waals surface area contributed by atoms with E-state index < -0.39 is 0 Å². The van der Waals surface area contributed by atoms with Crippen molar-refractivity contribution in [2.45, 2.75) is 64.5 Å². The summed E-state index contributed by atoms with van der Waals surface area (Å²) in [5.74, 6) is 0.205. The lowest BCUT2D eigenvalue weighted by Gasteiger charge is -2.14. The number of carbonyl (C=O) groups is 1. The zero-order valence-corrected chi connectivity index (χ0v) is 13.3. The molecule has 2 N–H and O–H groups in total. The molecule has 0 bridgehead atoms. The van der Waals surface area contributed by atoms with E-state index in [1.54, 1.807) is 0 Å². The maximum Gasteiger partial charge on any atom is 0.220 e. The molecule has 1 fully saturated rings. The van der Waals surface area contributed by atoms with Gasteiger partial charge in [0.15, 0.2) is 0 Å². The second-order valence-electron chi connectivity index (χ2n) is 6.11. The van der Waals surface area contributed by atoms with Crippen LogP contribution in [0.1, 0.15) is 63.1 Å². The predicted octanol–water partition coefficient (Wildman–Crippen LogP) is 3.35. The smallest absolute Gasteiger partial charge is 0.220 e. The molecule has 1 aromatic carbocycles. The van der Waals surface area contributed by atoms with Crippen LogP contribution in [0, 0.1) is 0 Å². The quantitative estimate of drug-likeness (QED) is 0.684. The summed E-state index contributed by atoms with van der Waals surface area (Å²) in [6.07, 6.45) is 6.20. The topological polar surface area (TPSA) is 41.1 Å². The van der Waals surface area contributed by atoms with E-state index in [0.717, 1.165) is 32.2 Å². The van der Waals surface area contributed by atoms with Gasteiger partial charge in [-0.05, 0) is 50.3 Å². The van der Waals surface area contributed by atoms with Crippen LogP contribution in [0.2, 0.25) is 0 Å². The minimum Gasteiger partial charge on any atom is -0.353 e. The minimum atomic E-state index is 0.205. The van der Waals surface area contributed by atoms with Gasteiger partial charge < -0.3 is 10.6 Å². The first-order valence-electron chi connectivity index (χ1n) is 8.30. The summed E-state index contributed by atoms with van der Waals surface area (Å²) in [6.45, 7) is 5.27. The van der Waals surface area contributed by atoms with Gasteiger partial charge in [-0.2, -0.15) is 0 Å². The van der Waals surface area contributed by atoms with Crippen molar-refractivity contribution < 1.29 is 4.79 Å². The molecule has 1 atom stereocenters. The third-order valence-corrected chi connectivity index (χ3v) is 3.99. The van der Waals surface area contributed by atoms with Gasteiger partial charge in [-0.3, -0.25) is 4.79 Å². The van der Waals surface area contributed by atoms with Gasteiger partial charge in [0.2, 0.25) is 5.91 Å². The van der Waals surface area contributed by atoms with E-state index in [-0.39, 0.29) is 5.91 Å². The number of nitrogens with one attached hydrogen (secondary N) is 2. The number of rotatable bonds is 9. The Morgan fingerprint density at radius 3 is 2.62 bits per heavy atom. The van der Waals surface area contributed by atoms with Gasteiger partial charge in [0.1, 0.15) is 0 Å². The summed E-state index contributed by atoms with van der Waals surface area (Å²) in [4.78, 5) is 11.6. The molecule has 116 valence electrons. The van der Waals surface area contributed by atoms with Crippen LogP contribution in [-0.4, -0.2) is 18.5 Å². The average Bonchev–Trinajstić information content (AvgIpc) is 3.28. The van der Waals surface area contributed by atoms with Crippen LogP contribution in [-0.2, 0) is 11.2 Å². The Bertz CT molecular complexity index is 437. The van der Waals surface area contributed by atoms with Gasteiger partial charge in [-0.25, -0.2) is 0 Å². The summed E-state index contributed by atoms with van der Waals surface area (Å²) in [5.41, 5.74) is 2.72. The Morgan fingerprint density at radius 2 is 2.00 bits per heavy atom. The SMILES string of the molecule is CCCc1ccc(C(C)NCCCC(=O)NC2CC2)cc1. The summed E-state index contributed by atoms with van der Waals surface area (Å²) < 4.78 is 0. The molecule has 1 aromatic rings. The number of aryl methyl sites for hydroxylation is 1. The van der Waals surface area contributed by atoms with E-state index >= 15 is 0 Å². The van der Waals surface area contributed by atoms with Crippen molar-refractivity contribution in [1.82, 2.24) is 10.6 Å². The molecule has 1 aliphatic carbocycles. The molecular formula is C18H28N2O. The molecule has 2 rings (SSSR count). The van der Waals surface area contributed by atoms with Crippen LogP contribution in [0.15, 0.2) is 24.3 Å². The van der Waals surface area contributed by atoms with Crippen molar-refractivity contribution in [2.24, 2.45) is 0 Å². The highest BCUT2D eigenvalue weighted by Gasteiger charge is 2.22. The maximum atomic E-state index is 11.6. The van der Waals surface area contributed by atoms with Crippen LogP contribution in [0.5, 0.6) is 0 Å². The molecule has 21 heavy (non-hydrogen) atoms. The van der Waals surface area contributed by atoms with Crippen LogP contribution < -0.4 is 10.6 Å². The second kappa shape index (κ2) is 8.18. The van der Waals surface area contributed by atoms with Gasteiger partial charge in [0, 0.05) is 18.5 Å². The van der Waals surface area contributed by atoms with Crippen LogP contribution in [0.3, 0.4) is 0 Å². The summed E-state index contributed by atoms with van der Waals surface area (Å²) in [7, 11) is 0. The van der Waals surface area contributed by atoms with Crippen LogP contribution in [0.25, 0.3) is 0 Å². The summed E-state index contributed by atoms with van der Waals surface area (Å²) >= 11 is 0. The highest BCUT2D eigenvalue weighted by molar-refractivity contribution is 5.76. The Balaban J connectivity index is 1.63. The normalized spacial score (nSPS) is 15.7. The molecular weight excluding hydrogens is 260 g/mol. The van der Waals surface area contributed by atoms with Crippen LogP contribution in [0.4, 0.5) is 0 Å². The van der Waals surface area contributed by atoms with E-state index in [4.69, 9.17) is 0 Å². The fourth-order valence-electron chi connectivity index (χ4n) is 2.47. The number of benzene rings is 1. The fraction of sp³-hybridized carbons (Fsp3) is 0.611. The van der Waals surface area contributed by atoms with Gasteiger partial charge in [0.25, 0.3) is 0 Å². The first-order valence-corrected chi connectivity index (χ1v) is 8.30. The molecule has 1 aliphatic rings. The molecule has 1 saturated carbocycles. The second-order valence-corrected chi connectivity index (χ2v) is 6.11. The Kier molecular flexibility index (Phi) is 6.24. The first-order chi connectivity index (χ1) is 10.2. The number of hydrogen-bond donors (Lipinski definition) is 2. The largest absolute Gasteiger partial charge is 0.353 e. The molecule has 0 aliphatic heterocycles. The highest BCUT2D eigenvalue weighted by atomic mass is 16.1. The van der Waals surface area contributed by atoms with Crippen LogP contribution >= 0.6 is 0 Å². The van der Waals surface area contributed by atoms with E-state index in [9.17, 15) is 4.79 Å². The molecule has 0 radical (unpaired) electrons. The predicted molar refractivity (Wildman–Crippen MR) is 87.3 cm³/mol. The third-order valence-electron chi connectivity index (χ3n) is 3.99. The third kappa shape index (κ3) is 5.88. The zero-order chi connectivity index (χ0) is 15.1. The van der Waals surface area contributed by atoms with Gasteiger partial charge in [0.05, 0.1) is 0 Å². The van der Waals surface area contributed by atoms with Crippen molar-refractivity contribution in [1.29, 1.82) is 0 Å². The first kappa shape index (κ1) is 16.0. The molecule has 0 heterocycles. The molecule has 3 nitrogen and oxygen atoms in total. The number of carbonyl (C=O) groups excluding carboxylic acids is 1. The zero-order valence-electron chi connectivity index (χ0n) is 13.3. The van der Waals surface area contributed by atoms with Gasteiger partial charge >= 0.3 is 0 Å². The lowest BCUT2D eigenvalue weighted by atomic mass is 10.0. The lowest BCUT2D eigenvalue weighted by Crippen LogP contribution is -2.27. The van der Waals surface area contributed by atoms with Crippen molar-refractivity contribution in [3.05, 3.63) is 35.4 Å². The molecule has 1 unspecified atom stereocenters. The molecule has 0 aromatic heterocycles. The van der Waals surface area contributed by atoms with Crippen molar-refractivity contribution in [3.63, 3.8) is 0 Å². The van der Waals surface area contributed by atoms with Gasteiger partial charge in [-0.1, -0.05) is 37.6 Å². The van der Waals surface area contributed by atoms with E-state index in [2.05, 4.69) is 48.7 Å². The van der Waals surface area contributed by atoms with E-state index in [1.165, 1.54) is 17.5 Å². The molecule has 0 saturated heterocycles. The van der Waals surface area contributed by atoms with Crippen molar-refractivity contribution in [2.75, 3.05) is 6.54 Å². The lowest BCUT2D eigenvalue weighted by molar-refractivity contribution is -0.121. The van der Waals surface area contributed by atoms with Crippen molar-refractivity contribution in [3.8, 4) is 0 Å². The highest BCUT2D eigenvalue weighted by Crippen LogP contribution is 2.18. The molecule has 3 heteroatoms. The average molecular weight is 288 g/mol. The number of amides is 1. The van der Waals surface area contributed by atoms with E-state index in [0.29, 0.717) is 18.5 Å². The molecule has 0 spiro atoms. The number of hydrogen-bond acceptors (Lipinski definition) is 2. The summed E-state index contributed by atoms with van der Waals surface area (Å²) in [6, 6.07) is 9.68. The van der Waals surface area contributed by atoms with Crippen molar-refractivity contribution >= 4 is 5.91 Å². The molecule has 1 amide bonds. The van der Waals surface area contributed by atoms with Gasteiger partial charge in [-0.15, -0.1) is 0 Å². The Morgan fingerprint density at radius 1 is 1.29 bits per heavy atom. The Hall–Kier alpha value is -1.35. The standard InChI is InChI=1S/C18H28N2O/c1-3-5-15-7-9-16(10-8-15)14(2)19-13-4-6-18(21)20-17-11-12-17/h7-10,14,17,19H,3-6,11-13H2,1-2H3,(H,20,21). The monoisotopic (exact) mass is 288 g/mol. The fourth-order valence-corrected chi connectivity index (χ4v) is 2.47. The summed E-state index contributed by atoms with van der Waals surface area (Å²) in [5, 5.41) is 6.52.